The second-order valence-electron chi connectivity index (χ2n) is 6.61. The third kappa shape index (κ3) is 3.47. The summed E-state index contributed by atoms with van der Waals surface area (Å²) in [7, 11) is 0. The molecule has 0 radical (unpaired) electrons. The van der Waals surface area contributed by atoms with E-state index in [1.165, 1.54) is 12.1 Å². The van der Waals surface area contributed by atoms with E-state index in [-0.39, 0.29) is 5.56 Å². The van der Waals surface area contributed by atoms with E-state index in [0.717, 1.165) is 24.5 Å². The Kier molecular flexibility index (Phi) is 5.02. The first kappa shape index (κ1) is 19.2. The van der Waals surface area contributed by atoms with Crippen molar-refractivity contribution in [3.63, 3.8) is 0 Å². The van der Waals surface area contributed by atoms with Gasteiger partial charge >= 0.3 is 6.18 Å². The van der Waals surface area contributed by atoms with Gasteiger partial charge in [-0.05, 0) is 43.5 Å². The van der Waals surface area contributed by atoms with Crippen LogP contribution in [0.2, 0.25) is 10.0 Å². The second kappa shape index (κ2) is 7.33. The Morgan fingerprint density at radius 3 is 2.61 bits per heavy atom. The van der Waals surface area contributed by atoms with Crippen molar-refractivity contribution in [3.8, 4) is 16.9 Å². The molecule has 3 nitrogen and oxygen atoms in total. The van der Waals surface area contributed by atoms with Gasteiger partial charge in [0.2, 0.25) is 0 Å². The standard InChI is InChI=1S/C20H16Cl2F3N3/c21-12-8-9-16(22)17(11-12)28-19-14(6-3-4-10-26-19)18(27-28)13-5-1-2-7-15(13)20(23,24)25/h1-2,5,7-9,11,26H,3-4,6,10H2. The molecule has 0 fully saturated rings. The smallest absolute Gasteiger partial charge is 0.370 e. The van der Waals surface area contributed by atoms with Crippen molar-refractivity contribution < 1.29 is 13.2 Å². The molecule has 146 valence electrons. The van der Waals surface area contributed by atoms with Crippen molar-refractivity contribution in [2.45, 2.75) is 25.4 Å². The number of fused-ring (bicyclic) bond motifs is 1. The predicted octanol–water partition coefficient (Wildman–Crippen LogP) is 6.61. The molecule has 8 heteroatoms. The second-order valence-corrected chi connectivity index (χ2v) is 7.45. The lowest BCUT2D eigenvalue weighted by molar-refractivity contribution is -0.137. The number of nitrogens with one attached hydrogen (secondary N) is 1. The molecule has 0 saturated heterocycles. The number of benzene rings is 2. The fourth-order valence-corrected chi connectivity index (χ4v) is 3.84. The van der Waals surface area contributed by atoms with Gasteiger partial charge in [0.25, 0.3) is 0 Å². The molecular formula is C20H16Cl2F3N3. The molecule has 1 aromatic heterocycles. The van der Waals surface area contributed by atoms with Gasteiger partial charge < -0.3 is 5.32 Å². The Morgan fingerprint density at radius 1 is 1.04 bits per heavy atom. The lowest BCUT2D eigenvalue weighted by Crippen LogP contribution is -2.08. The normalized spacial score (nSPS) is 14.3. The molecule has 2 heterocycles. The van der Waals surface area contributed by atoms with E-state index < -0.39 is 11.7 Å². The molecule has 0 spiro atoms. The number of aromatic nitrogens is 2. The fourth-order valence-electron chi connectivity index (χ4n) is 3.48. The van der Waals surface area contributed by atoms with Crippen LogP contribution in [-0.4, -0.2) is 16.3 Å². The quantitative estimate of drug-likeness (QED) is 0.500. The molecule has 0 aliphatic carbocycles. The van der Waals surface area contributed by atoms with Crippen molar-refractivity contribution in [2.75, 3.05) is 11.9 Å². The SMILES string of the molecule is FC(F)(F)c1ccccc1-c1nn(-c2cc(Cl)ccc2Cl)c2c1CCCCN2. The fraction of sp³-hybridized carbons (Fsp3) is 0.250. The number of hydrogen-bond donors (Lipinski definition) is 1. The van der Waals surface area contributed by atoms with Crippen molar-refractivity contribution >= 4 is 29.0 Å². The van der Waals surface area contributed by atoms with Gasteiger partial charge in [-0.2, -0.15) is 18.3 Å². The number of halogens is 5. The summed E-state index contributed by atoms with van der Waals surface area (Å²) < 4.78 is 42.4. The van der Waals surface area contributed by atoms with Gasteiger partial charge in [-0.25, -0.2) is 4.68 Å². The van der Waals surface area contributed by atoms with E-state index in [1.54, 1.807) is 28.9 Å². The number of nitrogens with zero attached hydrogens (tertiary/aromatic N) is 2. The zero-order chi connectivity index (χ0) is 19.9. The third-order valence-electron chi connectivity index (χ3n) is 4.75. The molecule has 28 heavy (non-hydrogen) atoms. The summed E-state index contributed by atoms with van der Waals surface area (Å²) >= 11 is 12.5. The lowest BCUT2D eigenvalue weighted by Gasteiger charge is -2.12. The van der Waals surface area contributed by atoms with E-state index in [0.29, 0.717) is 40.2 Å². The average molecular weight is 426 g/mol. The minimum Gasteiger partial charge on any atom is -0.370 e. The van der Waals surface area contributed by atoms with Crippen LogP contribution < -0.4 is 5.32 Å². The first-order chi connectivity index (χ1) is 13.4. The highest BCUT2D eigenvalue weighted by molar-refractivity contribution is 6.34. The van der Waals surface area contributed by atoms with Crippen LogP contribution in [0.1, 0.15) is 24.0 Å². The molecule has 1 N–H and O–H groups in total. The van der Waals surface area contributed by atoms with Gasteiger partial charge in [0.15, 0.2) is 0 Å². The van der Waals surface area contributed by atoms with Gasteiger partial charge in [-0.1, -0.05) is 41.4 Å². The maximum atomic E-state index is 13.6. The highest BCUT2D eigenvalue weighted by Gasteiger charge is 2.35. The van der Waals surface area contributed by atoms with Crippen molar-refractivity contribution in [2.24, 2.45) is 0 Å². The van der Waals surface area contributed by atoms with Crippen LogP contribution in [-0.2, 0) is 12.6 Å². The number of alkyl halides is 3. The van der Waals surface area contributed by atoms with Crippen LogP contribution in [0.3, 0.4) is 0 Å². The maximum Gasteiger partial charge on any atom is 0.417 e. The summed E-state index contributed by atoms with van der Waals surface area (Å²) in [5.74, 6) is 0.661. The van der Waals surface area contributed by atoms with Gasteiger partial charge in [-0.3, -0.25) is 0 Å². The van der Waals surface area contributed by atoms with Gasteiger partial charge in [0.1, 0.15) is 5.82 Å². The van der Waals surface area contributed by atoms with Crippen LogP contribution in [0, 0.1) is 0 Å². The zero-order valence-corrected chi connectivity index (χ0v) is 16.2. The highest BCUT2D eigenvalue weighted by Crippen LogP contribution is 2.41. The van der Waals surface area contributed by atoms with E-state index in [4.69, 9.17) is 23.2 Å². The van der Waals surface area contributed by atoms with Gasteiger partial charge in [0, 0.05) is 22.7 Å². The third-order valence-corrected chi connectivity index (χ3v) is 5.31. The molecule has 2 aromatic carbocycles. The molecule has 0 bridgehead atoms. The summed E-state index contributed by atoms with van der Waals surface area (Å²) in [4.78, 5) is 0. The summed E-state index contributed by atoms with van der Waals surface area (Å²) in [5, 5.41) is 8.75. The Balaban J connectivity index is 1.98. The molecule has 0 atom stereocenters. The van der Waals surface area contributed by atoms with Crippen LogP contribution in [0.15, 0.2) is 42.5 Å². The Bertz CT molecular complexity index is 1030. The number of anilines is 1. The van der Waals surface area contributed by atoms with Crippen LogP contribution in [0.5, 0.6) is 0 Å². The number of rotatable bonds is 2. The molecule has 1 aliphatic heterocycles. The highest BCUT2D eigenvalue weighted by atomic mass is 35.5. The van der Waals surface area contributed by atoms with E-state index in [9.17, 15) is 13.2 Å². The summed E-state index contributed by atoms with van der Waals surface area (Å²) in [6.07, 6.45) is -2.07. The first-order valence-electron chi connectivity index (χ1n) is 8.84. The van der Waals surface area contributed by atoms with Crippen LogP contribution >= 0.6 is 23.2 Å². The van der Waals surface area contributed by atoms with E-state index in [2.05, 4.69) is 10.4 Å². The minimum atomic E-state index is -4.47. The lowest BCUT2D eigenvalue weighted by atomic mass is 9.99. The molecule has 1 aliphatic rings. The maximum absolute atomic E-state index is 13.6. The Morgan fingerprint density at radius 2 is 1.82 bits per heavy atom. The summed E-state index contributed by atoms with van der Waals surface area (Å²) in [5.41, 5.74) is 0.949. The molecule has 4 rings (SSSR count). The van der Waals surface area contributed by atoms with Crippen LogP contribution in [0.4, 0.5) is 19.0 Å². The van der Waals surface area contributed by atoms with Gasteiger partial charge in [0.05, 0.1) is 22.0 Å². The van der Waals surface area contributed by atoms with Crippen molar-refractivity contribution in [3.05, 3.63) is 63.6 Å². The van der Waals surface area contributed by atoms with Crippen molar-refractivity contribution in [1.82, 2.24) is 9.78 Å². The molecular weight excluding hydrogens is 410 g/mol. The predicted molar refractivity (Wildman–Crippen MR) is 105 cm³/mol. The summed E-state index contributed by atoms with van der Waals surface area (Å²) in [6, 6.07) is 10.5. The first-order valence-corrected chi connectivity index (χ1v) is 9.59. The Hall–Kier alpha value is -2.18. The van der Waals surface area contributed by atoms with Crippen LogP contribution in [0.25, 0.3) is 16.9 Å². The number of hydrogen-bond acceptors (Lipinski definition) is 2. The van der Waals surface area contributed by atoms with E-state index in [1.807, 2.05) is 0 Å². The largest absolute Gasteiger partial charge is 0.417 e. The Labute approximate surface area is 170 Å². The molecule has 3 aromatic rings. The zero-order valence-electron chi connectivity index (χ0n) is 14.7. The molecule has 0 amide bonds. The topological polar surface area (TPSA) is 29.9 Å². The molecule has 0 unspecified atom stereocenters. The van der Waals surface area contributed by atoms with Crippen molar-refractivity contribution in [1.29, 1.82) is 0 Å². The monoisotopic (exact) mass is 425 g/mol. The average Bonchev–Trinajstić information content (AvgIpc) is 2.84. The van der Waals surface area contributed by atoms with E-state index >= 15 is 0 Å². The molecule has 0 saturated carbocycles. The summed E-state index contributed by atoms with van der Waals surface area (Å²) in [6.45, 7) is 0.706. The minimum absolute atomic E-state index is 0.0619. The van der Waals surface area contributed by atoms with Gasteiger partial charge in [-0.15, -0.1) is 0 Å².